The summed E-state index contributed by atoms with van der Waals surface area (Å²) in [6, 6.07) is 6.42. The number of hydrogen-bond donors (Lipinski definition) is 2. The maximum Gasteiger partial charge on any atom is 0.142 e. The first-order valence-electron chi connectivity index (χ1n) is 5.13. The molecule has 1 unspecified atom stereocenters. The van der Waals surface area contributed by atoms with E-state index >= 15 is 0 Å². The zero-order chi connectivity index (χ0) is 12.3. The minimum absolute atomic E-state index is 0.116. The molecule has 0 aliphatic heterocycles. The summed E-state index contributed by atoms with van der Waals surface area (Å²) < 4.78 is 18.3. The standard InChI is InChI=1S/C12H12ClFN2O/c13-10-2-1-8(5-11(10)14)6-12(16-15)9-3-4-17-7-9/h1-5,7,12,16H,6,15H2. The molecule has 3 nitrogen and oxygen atoms in total. The lowest BCUT2D eigenvalue weighted by atomic mass is 10.0. The Kier molecular flexibility index (Phi) is 3.78. The molecule has 0 saturated heterocycles. The predicted octanol–water partition coefficient (Wildman–Crippen LogP) is 2.82. The monoisotopic (exact) mass is 254 g/mol. The van der Waals surface area contributed by atoms with Crippen LogP contribution in [-0.4, -0.2) is 0 Å². The van der Waals surface area contributed by atoms with Crippen molar-refractivity contribution in [3.63, 3.8) is 0 Å². The lowest BCUT2D eigenvalue weighted by Crippen LogP contribution is -2.29. The van der Waals surface area contributed by atoms with Gasteiger partial charge in [0, 0.05) is 5.56 Å². The quantitative estimate of drug-likeness (QED) is 0.652. The number of hydrazine groups is 1. The van der Waals surface area contributed by atoms with Crippen LogP contribution in [-0.2, 0) is 6.42 Å². The predicted molar refractivity (Wildman–Crippen MR) is 63.9 cm³/mol. The van der Waals surface area contributed by atoms with Crippen LogP contribution < -0.4 is 11.3 Å². The fraction of sp³-hybridized carbons (Fsp3) is 0.167. The molecule has 1 aromatic heterocycles. The highest BCUT2D eigenvalue weighted by Crippen LogP contribution is 2.21. The van der Waals surface area contributed by atoms with Crippen molar-refractivity contribution < 1.29 is 8.81 Å². The maximum absolute atomic E-state index is 13.3. The third-order valence-electron chi connectivity index (χ3n) is 2.57. The van der Waals surface area contributed by atoms with Crippen molar-refractivity contribution in [1.29, 1.82) is 0 Å². The van der Waals surface area contributed by atoms with Crippen LogP contribution in [0.25, 0.3) is 0 Å². The average Bonchev–Trinajstić information content (AvgIpc) is 2.84. The Labute approximate surface area is 103 Å². The fourth-order valence-corrected chi connectivity index (χ4v) is 1.77. The third kappa shape index (κ3) is 2.85. The molecule has 0 fully saturated rings. The highest BCUT2D eigenvalue weighted by atomic mass is 35.5. The van der Waals surface area contributed by atoms with Crippen molar-refractivity contribution in [2.24, 2.45) is 5.84 Å². The second-order valence-electron chi connectivity index (χ2n) is 3.73. The van der Waals surface area contributed by atoms with Gasteiger partial charge in [-0.25, -0.2) is 4.39 Å². The van der Waals surface area contributed by atoms with Crippen LogP contribution in [0.5, 0.6) is 0 Å². The number of benzene rings is 1. The Morgan fingerprint density at radius 2 is 2.24 bits per heavy atom. The molecule has 0 aliphatic carbocycles. The van der Waals surface area contributed by atoms with Crippen LogP contribution in [0.1, 0.15) is 17.2 Å². The van der Waals surface area contributed by atoms with E-state index in [0.717, 1.165) is 11.1 Å². The number of nitrogens with two attached hydrogens (primary N) is 1. The maximum atomic E-state index is 13.3. The molecular weight excluding hydrogens is 243 g/mol. The Bertz CT molecular complexity index is 487. The van der Waals surface area contributed by atoms with Crippen molar-refractivity contribution in [2.45, 2.75) is 12.5 Å². The minimum atomic E-state index is -0.424. The molecule has 0 amide bonds. The van der Waals surface area contributed by atoms with E-state index in [2.05, 4.69) is 5.43 Å². The average molecular weight is 255 g/mol. The second kappa shape index (κ2) is 5.31. The molecule has 5 heteroatoms. The molecule has 2 aromatic rings. The van der Waals surface area contributed by atoms with Crippen molar-refractivity contribution in [3.8, 4) is 0 Å². The van der Waals surface area contributed by atoms with Crippen molar-refractivity contribution >= 4 is 11.6 Å². The molecule has 90 valence electrons. The van der Waals surface area contributed by atoms with E-state index in [9.17, 15) is 4.39 Å². The number of nitrogens with one attached hydrogen (secondary N) is 1. The second-order valence-corrected chi connectivity index (χ2v) is 4.14. The number of furan rings is 1. The van der Waals surface area contributed by atoms with Gasteiger partial charge in [-0.15, -0.1) is 0 Å². The van der Waals surface area contributed by atoms with Gasteiger partial charge in [0.25, 0.3) is 0 Å². The lowest BCUT2D eigenvalue weighted by Gasteiger charge is -2.14. The van der Waals surface area contributed by atoms with Crippen LogP contribution in [0, 0.1) is 5.82 Å². The minimum Gasteiger partial charge on any atom is -0.472 e. The van der Waals surface area contributed by atoms with E-state index in [-0.39, 0.29) is 11.1 Å². The molecule has 0 aliphatic rings. The van der Waals surface area contributed by atoms with Gasteiger partial charge in [-0.2, -0.15) is 0 Å². The van der Waals surface area contributed by atoms with Gasteiger partial charge in [0.05, 0.1) is 23.6 Å². The first-order valence-corrected chi connectivity index (χ1v) is 5.50. The van der Waals surface area contributed by atoms with E-state index in [1.165, 1.54) is 12.1 Å². The molecule has 3 N–H and O–H groups in total. The van der Waals surface area contributed by atoms with Gasteiger partial charge in [0.15, 0.2) is 0 Å². The third-order valence-corrected chi connectivity index (χ3v) is 2.88. The topological polar surface area (TPSA) is 51.2 Å². The molecular formula is C12H12ClFN2O. The first kappa shape index (κ1) is 12.1. The zero-order valence-corrected chi connectivity index (χ0v) is 9.75. The molecule has 0 radical (unpaired) electrons. The lowest BCUT2D eigenvalue weighted by molar-refractivity contribution is 0.524. The molecule has 1 aromatic carbocycles. The van der Waals surface area contributed by atoms with Crippen molar-refractivity contribution in [1.82, 2.24) is 5.43 Å². The summed E-state index contributed by atoms with van der Waals surface area (Å²) in [4.78, 5) is 0. The van der Waals surface area contributed by atoms with Gasteiger partial charge in [0.2, 0.25) is 0 Å². The molecule has 1 atom stereocenters. The molecule has 2 rings (SSSR count). The Hall–Kier alpha value is -1.36. The fourth-order valence-electron chi connectivity index (χ4n) is 1.65. The van der Waals surface area contributed by atoms with Crippen LogP contribution in [0.2, 0.25) is 5.02 Å². The van der Waals surface area contributed by atoms with Crippen molar-refractivity contribution in [2.75, 3.05) is 0 Å². The summed E-state index contributed by atoms with van der Waals surface area (Å²) >= 11 is 5.62. The van der Waals surface area contributed by atoms with Gasteiger partial charge in [-0.3, -0.25) is 11.3 Å². The molecule has 0 spiro atoms. The summed E-state index contributed by atoms with van der Waals surface area (Å²) in [6.45, 7) is 0. The van der Waals surface area contributed by atoms with Crippen LogP contribution in [0.3, 0.4) is 0 Å². The first-order chi connectivity index (χ1) is 8.20. The molecule has 1 heterocycles. The van der Waals surface area contributed by atoms with E-state index in [1.54, 1.807) is 18.6 Å². The van der Waals surface area contributed by atoms with Crippen LogP contribution in [0.15, 0.2) is 41.2 Å². The number of rotatable bonds is 4. The summed E-state index contributed by atoms with van der Waals surface area (Å²) in [6.07, 6.45) is 3.74. The highest BCUT2D eigenvalue weighted by Gasteiger charge is 2.12. The van der Waals surface area contributed by atoms with E-state index in [4.69, 9.17) is 21.9 Å². The van der Waals surface area contributed by atoms with Gasteiger partial charge in [-0.05, 0) is 30.2 Å². The van der Waals surface area contributed by atoms with E-state index in [0.29, 0.717) is 6.42 Å². The normalized spacial score (nSPS) is 12.6. The SMILES string of the molecule is NNC(Cc1ccc(Cl)c(F)c1)c1ccoc1. The molecule has 0 saturated carbocycles. The summed E-state index contributed by atoms with van der Waals surface area (Å²) in [5.74, 6) is 5.04. The number of halogens is 2. The highest BCUT2D eigenvalue weighted by molar-refractivity contribution is 6.30. The Morgan fingerprint density at radius 3 is 2.82 bits per heavy atom. The summed E-state index contributed by atoms with van der Waals surface area (Å²) in [5, 5.41) is 0.120. The van der Waals surface area contributed by atoms with E-state index < -0.39 is 5.82 Å². The number of hydrogen-bond acceptors (Lipinski definition) is 3. The van der Waals surface area contributed by atoms with E-state index in [1.807, 2.05) is 6.07 Å². The van der Waals surface area contributed by atoms with Gasteiger partial charge in [-0.1, -0.05) is 17.7 Å². The smallest absolute Gasteiger partial charge is 0.142 e. The Balaban J connectivity index is 2.16. The van der Waals surface area contributed by atoms with Crippen LogP contribution >= 0.6 is 11.6 Å². The Morgan fingerprint density at radius 1 is 1.41 bits per heavy atom. The largest absolute Gasteiger partial charge is 0.472 e. The molecule has 0 bridgehead atoms. The van der Waals surface area contributed by atoms with Gasteiger partial charge in [0.1, 0.15) is 5.82 Å². The van der Waals surface area contributed by atoms with Crippen molar-refractivity contribution in [3.05, 3.63) is 58.8 Å². The summed E-state index contributed by atoms with van der Waals surface area (Å²) in [7, 11) is 0. The summed E-state index contributed by atoms with van der Waals surface area (Å²) in [5.41, 5.74) is 4.41. The van der Waals surface area contributed by atoms with Gasteiger partial charge >= 0.3 is 0 Å². The molecule has 17 heavy (non-hydrogen) atoms. The van der Waals surface area contributed by atoms with Gasteiger partial charge < -0.3 is 4.42 Å². The zero-order valence-electron chi connectivity index (χ0n) is 8.99. The van der Waals surface area contributed by atoms with Crippen LogP contribution in [0.4, 0.5) is 4.39 Å².